The van der Waals surface area contributed by atoms with E-state index in [0.717, 1.165) is 12.8 Å². The third-order valence-electron chi connectivity index (χ3n) is 5.59. The van der Waals surface area contributed by atoms with Crippen molar-refractivity contribution in [3.05, 3.63) is 10.1 Å². The van der Waals surface area contributed by atoms with Gasteiger partial charge in [0.15, 0.2) is 4.33 Å². The molecular formula is C12H9Cl7. The van der Waals surface area contributed by atoms with E-state index >= 15 is 0 Å². The number of rotatable bonds is 0. The fourth-order valence-electron chi connectivity index (χ4n) is 4.97. The van der Waals surface area contributed by atoms with Crippen molar-refractivity contribution in [1.29, 1.82) is 0 Å². The molecule has 0 nitrogen and oxygen atoms in total. The summed E-state index contributed by atoms with van der Waals surface area (Å²) in [5.74, 6) is 0.672. The van der Waals surface area contributed by atoms with Crippen LogP contribution in [0.15, 0.2) is 10.1 Å². The Balaban J connectivity index is 1.99. The number of alkyl halides is 5. The lowest BCUT2D eigenvalue weighted by Gasteiger charge is -2.41. The van der Waals surface area contributed by atoms with Gasteiger partial charge in [0, 0.05) is 5.38 Å². The maximum Gasteiger partial charge on any atom is 0.166 e. The summed E-state index contributed by atoms with van der Waals surface area (Å²) in [4.78, 5) is -2.20. The molecule has 19 heavy (non-hydrogen) atoms. The van der Waals surface area contributed by atoms with Gasteiger partial charge in [-0.1, -0.05) is 46.4 Å². The summed E-state index contributed by atoms with van der Waals surface area (Å²) in [6, 6.07) is 0. The van der Waals surface area contributed by atoms with Gasteiger partial charge in [-0.2, -0.15) is 0 Å². The van der Waals surface area contributed by atoms with E-state index in [4.69, 9.17) is 81.2 Å². The molecule has 3 saturated carbocycles. The fourth-order valence-corrected chi connectivity index (χ4v) is 8.61. The summed E-state index contributed by atoms with van der Waals surface area (Å²) in [6.45, 7) is 0. The first-order chi connectivity index (χ1) is 8.69. The first kappa shape index (κ1) is 14.4. The van der Waals surface area contributed by atoms with Crippen LogP contribution in [0, 0.1) is 23.7 Å². The third-order valence-corrected chi connectivity index (χ3v) is 10.4. The van der Waals surface area contributed by atoms with E-state index in [9.17, 15) is 0 Å². The van der Waals surface area contributed by atoms with Gasteiger partial charge in [-0.15, -0.1) is 34.8 Å². The predicted octanol–water partition coefficient (Wildman–Crippen LogP) is 5.71. The molecule has 0 aromatic carbocycles. The molecule has 0 aliphatic heterocycles. The summed E-state index contributed by atoms with van der Waals surface area (Å²) in [5.41, 5.74) is 0. The van der Waals surface area contributed by atoms with Gasteiger partial charge in [-0.25, -0.2) is 0 Å². The zero-order valence-corrected chi connectivity index (χ0v) is 14.7. The Morgan fingerprint density at radius 1 is 0.842 bits per heavy atom. The van der Waals surface area contributed by atoms with Crippen molar-refractivity contribution >= 4 is 81.2 Å². The largest absolute Gasteiger partial charge is 0.166 e. The second kappa shape index (κ2) is 3.81. The molecule has 0 unspecified atom stereocenters. The van der Waals surface area contributed by atoms with Gasteiger partial charge in [0.05, 0.1) is 10.1 Å². The molecule has 106 valence electrons. The average Bonchev–Trinajstić information content (AvgIpc) is 2.95. The van der Waals surface area contributed by atoms with E-state index in [2.05, 4.69) is 0 Å². The number of hydrogen-bond donors (Lipinski definition) is 0. The van der Waals surface area contributed by atoms with Gasteiger partial charge in [-0.05, 0) is 36.5 Å². The molecule has 0 N–H and O–H groups in total. The van der Waals surface area contributed by atoms with Crippen LogP contribution in [0.4, 0.5) is 0 Å². The monoisotopic (exact) mass is 398 g/mol. The maximum absolute atomic E-state index is 6.80. The lowest BCUT2D eigenvalue weighted by molar-refractivity contribution is 0.222. The quantitative estimate of drug-likeness (QED) is 0.360. The zero-order chi connectivity index (χ0) is 14.0. The smallest absolute Gasteiger partial charge is 0.123 e. The third kappa shape index (κ3) is 1.21. The van der Waals surface area contributed by atoms with E-state index in [1.807, 2.05) is 0 Å². The summed E-state index contributed by atoms with van der Waals surface area (Å²) in [7, 11) is 0. The van der Waals surface area contributed by atoms with Gasteiger partial charge in [0.2, 0.25) is 0 Å². The van der Waals surface area contributed by atoms with Crippen LogP contribution in [0.1, 0.15) is 12.8 Å². The van der Waals surface area contributed by atoms with Crippen molar-refractivity contribution in [2.75, 3.05) is 0 Å². The topological polar surface area (TPSA) is 0 Å². The zero-order valence-electron chi connectivity index (χ0n) is 9.45. The molecular weight excluding hydrogens is 392 g/mol. The van der Waals surface area contributed by atoms with Crippen LogP contribution >= 0.6 is 81.2 Å². The van der Waals surface area contributed by atoms with Crippen molar-refractivity contribution in [3.8, 4) is 0 Å². The molecule has 0 radical (unpaired) electrons. The molecule has 0 aromatic heterocycles. The van der Waals surface area contributed by atoms with Crippen LogP contribution < -0.4 is 0 Å². The molecule has 4 rings (SSSR count). The first-order valence-electron chi connectivity index (χ1n) is 6.15. The van der Waals surface area contributed by atoms with Crippen LogP contribution in [0.25, 0.3) is 0 Å². The van der Waals surface area contributed by atoms with Crippen molar-refractivity contribution in [1.82, 2.24) is 0 Å². The Bertz CT molecular complexity index is 514. The van der Waals surface area contributed by atoms with Crippen LogP contribution in [0.2, 0.25) is 0 Å². The molecule has 0 amide bonds. The van der Waals surface area contributed by atoms with Crippen molar-refractivity contribution in [2.24, 2.45) is 23.7 Å². The van der Waals surface area contributed by atoms with E-state index in [1.54, 1.807) is 0 Å². The van der Waals surface area contributed by atoms with Crippen LogP contribution in [-0.2, 0) is 0 Å². The molecule has 0 saturated heterocycles. The maximum atomic E-state index is 6.80. The highest BCUT2D eigenvalue weighted by Gasteiger charge is 2.86. The highest BCUT2D eigenvalue weighted by Crippen LogP contribution is 2.82. The standard InChI is InChI=1S/C12H9Cl7/c13-5-2-3-1-4(5)7-6(3)10(16)8(14)9(15)11(7,17)12(10,18)19/h3-7H,1-2H2/t3-,4+,5+,6+,7+,10-,11-/m0/s1. The Morgan fingerprint density at radius 3 is 1.95 bits per heavy atom. The highest BCUT2D eigenvalue weighted by molar-refractivity contribution is 6.65. The molecule has 4 aliphatic rings. The number of hydrogen-bond acceptors (Lipinski definition) is 0. The summed E-state index contributed by atoms with van der Waals surface area (Å²) < 4.78 is -1.40. The van der Waals surface area contributed by atoms with E-state index in [0.29, 0.717) is 16.0 Å². The predicted molar refractivity (Wildman–Crippen MR) is 83.2 cm³/mol. The lowest BCUT2D eigenvalue weighted by atomic mass is 9.72. The molecule has 3 fully saturated rings. The second-order valence-electron chi connectivity index (χ2n) is 6.09. The number of fused-ring (bicyclic) bond motifs is 9. The Labute approximate surface area is 146 Å². The van der Waals surface area contributed by atoms with Crippen molar-refractivity contribution in [2.45, 2.75) is 32.3 Å². The van der Waals surface area contributed by atoms with Gasteiger partial charge in [0.1, 0.15) is 9.75 Å². The Morgan fingerprint density at radius 2 is 1.37 bits per heavy atom. The minimum atomic E-state index is -1.40. The molecule has 0 heterocycles. The number of allylic oxidation sites excluding steroid dienone is 2. The first-order valence-corrected chi connectivity index (χ1v) is 8.85. The molecule has 0 spiro atoms. The average molecular weight is 401 g/mol. The van der Waals surface area contributed by atoms with Gasteiger partial charge in [-0.3, -0.25) is 0 Å². The Kier molecular flexibility index (Phi) is 2.88. The van der Waals surface area contributed by atoms with E-state index < -0.39 is 14.1 Å². The number of halogens is 7. The molecule has 4 bridgehead atoms. The van der Waals surface area contributed by atoms with Gasteiger partial charge in [0.25, 0.3) is 0 Å². The second-order valence-corrected chi connectivity index (χ2v) is 9.93. The summed E-state index contributed by atoms with van der Waals surface area (Å²) in [5, 5.41) is 0.707. The molecule has 7 atom stereocenters. The lowest BCUT2D eigenvalue weighted by Crippen LogP contribution is -2.46. The van der Waals surface area contributed by atoms with E-state index in [1.165, 1.54) is 0 Å². The summed E-state index contributed by atoms with van der Waals surface area (Å²) >= 11 is 45.8. The Hall–Kier alpha value is 1.77. The molecule has 7 heteroatoms. The fraction of sp³-hybridized carbons (Fsp3) is 0.833. The minimum absolute atomic E-state index is 0.00193. The SMILES string of the molecule is ClC1=C(Cl)[C@@]2(Cl)[C@@H]3[C@@H]4C[C@@H](C[C@H]4Cl)[C@H]3[C@@]1(Cl)C2(Cl)Cl. The van der Waals surface area contributed by atoms with E-state index in [-0.39, 0.29) is 23.1 Å². The summed E-state index contributed by atoms with van der Waals surface area (Å²) in [6.07, 6.45) is 1.92. The highest BCUT2D eigenvalue weighted by atomic mass is 35.5. The van der Waals surface area contributed by atoms with Crippen LogP contribution in [-0.4, -0.2) is 19.5 Å². The van der Waals surface area contributed by atoms with Crippen molar-refractivity contribution < 1.29 is 0 Å². The van der Waals surface area contributed by atoms with Crippen LogP contribution in [0.5, 0.6) is 0 Å². The van der Waals surface area contributed by atoms with Gasteiger partial charge < -0.3 is 0 Å². The van der Waals surface area contributed by atoms with Crippen molar-refractivity contribution in [3.63, 3.8) is 0 Å². The normalized spacial score (nSPS) is 61.1. The van der Waals surface area contributed by atoms with Gasteiger partial charge >= 0.3 is 0 Å². The molecule has 0 aromatic rings. The van der Waals surface area contributed by atoms with Crippen LogP contribution in [0.3, 0.4) is 0 Å². The minimum Gasteiger partial charge on any atom is -0.123 e. The molecule has 4 aliphatic carbocycles.